The molecule has 0 N–H and O–H groups in total. The molecule has 1 unspecified atom stereocenters. The van der Waals surface area contributed by atoms with Crippen molar-refractivity contribution in [1.82, 2.24) is 0 Å². The SMILES string of the molecule is Cc1cc(C)c2c(c1)C=NC(C)(C)C(C)(C)N=Cc1cc(C)cc(CCC3(C)N=Cc4cc(C)cc(C(C)(C)C)c4[O][Al][O]c4c(cc(C)cc4C(C)(C)C)C=NC3(C)C)c1[O][Al][O]2. The van der Waals surface area contributed by atoms with Crippen LogP contribution in [-0.2, 0) is 17.3 Å². The van der Waals surface area contributed by atoms with Gasteiger partial charge in [0.05, 0.1) is 45.2 Å². The van der Waals surface area contributed by atoms with Crippen molar-refractivity contribution in [3.05, 3.63) is 115 Å². The molecule has 0 bridgehead atoms. The summed E-state index contributed by atoms with van der Waals surface area (Å²) in [5.74, 6) is 3.22. The fourth-order valence-electron chi connectivity index (χ4n) is 8.23. The predicted molar refractivity (Wildman–Crippen MR) is 270 cm³/mol. The summed E-state index contributed by atoms with van der Waals surface area (Å²) >= 11 is -1.85. The third-order valence-electron chi connectivity index (χ3n) is 13.4. The Hall–Kier alpha value is -4.18. The summed E-state index contributed by atoms with van der Waals surface area (Å²) in [5, 5.41) is 0. The summed E-state index contributed by atoms with van der Waals surface area (Å²) in [4.78, 5) is 21.4. The third-order valence-corrected chi connectivity index (χ3v) is 14.7. The molecule has 336 valence electrons. The average molecular weight is 893 g/mol. The largest absolute Gasteiger partial charge is 0.881 e. The number of hydrogen-bond donors (Lipinski definition) is 0. The molecule has 6 rings (SSSR count). The maximum atomic E-state index is 6.82. The topological polar surface area (TPSA) is 86.4 Å². The molecule has 0 spiro atoms. The smallest absolute Gasteiger partial charge is 0.615 e. The third kappa shape index (κ3) is 10.7. The lowest BCUT2D eigenvalue weighted by Crippen LogP contribution is -2.45. The Morgan fingerprint density at radius 1 is 0.438 bits per heavy atom. The molecule has 4 aromatic rings. The first-order chi connectivity index (χ1) is 29.6. The maximum absolute atomic E-state index is 6.82. The molecule has 0 saturated heterocycles. The lowest BCUT2D eigenvalue weighted by atomic mass is 9.77. The van der Waals surface area contributed by atoms with Crippen LogP contribution in [0.3, 0.4) is 0 Å². The Morgan fingerprint density at radius 3 is 1.27 bits per heavy atom. The number of benzene rings is 4. The molecule has 8 nitrogen and oxygen atoms in total. The first kappa shape index (κ1) is 49.3. The second-order valence-electron chi connectivity index (χ2n) is 22.0. The number of hydrogen-bond acceptors (Lipinski definition) is 8. The van der Waals surface area contributed by atoms with Gasteiger partial charge < -0.3 is 15.2 Å². The van der Waals surface area contributed by atoms with Crippen molar-refractivity contribution in [3.63, 3.8) is 0 Å². The molecule has 0 aromatic heterocycles. The molecule has 4 aromatic carbocycles. The molecule has 0 amide bonds. The zero-order valence-electron chi connectivity index (χ0n) is 41.9. The van der Waals surface area contributed by atoms with E-state index in [0.29, 0.717) is 12.8 Å². The van der Waals surface area contributed by atoms with E-state index in [0.717, 1.165) is 89.8 Å². The minimum atomic E-state index is -0.933. The first-order valence-corrected chi connectivity index (χ1v) is 24.6. The van der Waals surface area contributed by atoms with Crippen LogP contribution in [0.15, 0.2) is 68.5 Å². The summed E-state index contributed by atoms with van der Waals surface area (Å²) in [7, 11) is 0. The maximum Gasteiger partial charge on any atom is 0.881 e. The van der Waals surface area contributed by atoms with E-state index in [2.05, 4.69) is 173 Å². The highest BCUT2D eigenvalue weighted by atomic mass is 27.2. The zero-order chi connectivity index (χ0) is 47.2. The van der Waals surface area contributed by atoms with Gasteiger partial charge in [-0.15, -0.1) is 0 Å². The van der Waals surface area contributed by atoms with E-state index in [4.69, 9.17) is 35.1 Å². The van der Waals surface area contributed by atoms with E-state index >= 15 is 0 Å². The normalized spacial score (nSPS) is 19.2. The van der Waals surface area contributed by atoms with Crippen LogP contribution in [-0.4, -0.2) is 78.8 Å². The molecule has 2 radical (unpaired) electrons. The summed E-state index contributed by atoms with van der Waals surface area (Å²) in [5.41, 5.74) is 9.91. The van der Waals surface area contributed by atoms with Gasteiger partial charge in [0.2, 0.25) is 0 Å². The van der Waals surface area contributed by atoms with Crippen molar-refractivity contribution in [2.45, 2.75) is 170 Å². The van der Waals surface area contributed by atoms with Crippen molar-refractivity contribution in [2.24, 2.45) is 20.0 Å². The monoisotopic (exact) mass is 893 g/mol. The van der Waals surface area contributed by atoms with Gasteiger partial charge in [-0.1, -0.05) is 65.8 Å². The van der Waals surface area contributed by atoms with Crippen molar-refractivity contribution in [3.8, 4) is 23.0 Å². The fourth-order valence-corrected chi connectivity index (χ4v) is 9.84. The van der Waals surface area contributed by atoms with E-state index in [1.807, 2.05) is 24.9 Å². The molecule has 64 heavy (non-hydrogen) atoms. The molecule has 10 heteroatoms. The predicted octanol–water partition coefficient (Wildman–Crippen LogP) is 12.2. The molecule has 1 atom stereocenters. The molecular weight excluding hydrogens is 823 g/mol. The van der Waals surface area contributed by atoms with E-state index in [9.17, 15) is 0 Å². The molecule has 2 aliphatic heterocycles. The first-order valence-electron chi connectivity index (χ1n) is 22.7. The number of aryl methyl sites for hydroxylation is 6. The average Bonchev–Trinajstić information content (AvgIpc) is 3.18. The molecule has 0 aliphatic carbocycles. The zero-order valence-corrected chi connectivity index (χ0v) is 44.2. The number of fused-ring (bicyclic) bond motifs is 4. The highest BCUT2D eigenvalue weighted by Crippen LogP contribution is 2.41. The van der Waals surface area contributed by atoms with Crippen LogP contribution in [0, 0.1) is 34.6 Å². The van der Waals surface area contributed by atoms with Crippen molar-refractivity contribution in [1.29, 1.82) is 0 Å². The molecule has 0 saturated carbocycles. The quantitative estimate of drug-likeness (QED) is 0.192. The second-order valence-corrected chi connectivity index (χ2v) is 23.3. The van der Waals surface area contributed by atoms with Crippen LogP contribution in [0.1, 0.15) is 163 Å². The number of rotatable bonds is 3. The molecule has 2 heterocycles. The molecule has 0 fully saturated rings. The van der Waals surface area contributed by atoms with Gasteiger partial charge in [0.1, 0.15) is 0 Å². The summed E-state index contributed by atoms with van der Waals surface area (Å²) < 4.78 is 27.0. The van der Waals surface area contributed by atoms with E-state index in [-0.39, 0.29) is 10.8 Å². The van der Waals surface area contributed by atoms with Gasteiger partial charge >= 0.3 is 31.8 Å². The van der Waals surface area contributed by atoms with Gasteiger partial charge in [-0.2, -0.15) is 0 Å². The van der Waals surface area contributed by atoms with Crippen molar-refractivity contribution in [2.75, 3.05) is 0 Å². The standard InChI is InChI=1S/C54H74N4O4.2Al/c1-33-21-37(5)45(59)39(23-33)29-55-51(12,13)52(14,15)56-30-40-24-34(2)22-38(46(40)60)19-20-54(18,58-32-42-26-36(4)28-44(48(42)62)50(9,10)11)53(16,17)57-31-41-25-35(3)27-43(47(41)61)49(6,7)8;;/h21-32,59-62H,19-20H2,1-18H3;;/q;2*+2/p-4. The van der Waals surface area contributed by atoms with Crippen LogP contribution >= 0.6 is 0 Å². The van der Waals surface area contributed by atoms with Crippen LogP contribution < -0.4 is 15.2 Å². The van der Waals surface area contributed by atoms with Crippen molar-refractivity contribution < 1.29 is 15.2 Å². The van der Waals surface area contributed by atoms with Gasteiger partial charge in [0.15, 0.2) is 0 Å². The molecular formula is C54H70Al2N4O4. The second kappa shape index (κ2) is 18.2. The van der Waals surface area contributed by atoms with Gasteiger partial charge in [0.25, 0.3) is 0 Å². The van der Waals surface area contributed by atoms with Gasteiger partial charge in [-0.25, -0.2) is 0 Å². The van der Waals surface area contributed by atoms with E-state index in [1.165, 1.54) is 0 Å². The van der Waals surface area contributed by atoms with Crippen LogP contribution in [0.4, 0.5) is 0 Å². The minimum Gasteiger partial charge on any atom is -0.615 e. The fraction of sp³-hybridized carbons (Fsp3) is 0.481. The summed E-state index contributed by atoms with van der Waals surface area (Å²) in [6.45, 7) is 39.2. The Kier molecular flexibility index (Phi) is 14.0. The highest BCUT2D eigenvalue weighted by molar-refractivity contribution is 6.22. The van der Waals surface area contributed by atoms with Crippen LogP contribution in [0.25, 0.3) is 0 Å². The van der Waals surface area contributed by atoms with Crippen molar-refractivity contribution >= 4 is 56.6 Å². The molecule has 2 aliphatic rings. The number of aliphatic imine (C=N–C) groups is 4. The van der Waals surface area contributed by atoms with Gasteiger partial charge in [0, 0.05) is 47.1 Å². The van der Waals surface area contributed by atoms with Crippen LogP contribution in [0.2, 0.25) is 0 Å². The summed E-state index contributed by atoms with van der Waals surface area (Å²) in [6.07, 6.45) is 9.25. The number of nitrogens with zero attached hydrogens (tertiary/aromatic N) is 4. The summed E-state index contributed by atoms with van der Waals surface area (Å²) in [6, 6.07) is 17.5. The lowest BCUT2D eigenvalue weighted by Gasteiger charge is -2.39. The Balaban J connectivity index is 1.50. The minimum absolute atomic E-state index is 0.169. The van der Waals surface area contributed by atoms with Gasteiger partial charge in [-0.05, 0) is 176 Å². The Bertz CT molecular complexity index is 2540. The highest BCUT2D eigenvalue weighted by Gasteiger charge is 2.41. The van der Waals surface area contributed by atoms with E-state index in [1.54, 1.807) is 0 Å². The Labute approximate surface area is 398 Å². The van der Waals surface area contributed by atoms with E-state index < -0.39 is 53.9 Å². The van der Waals surface area contributed by atoms with Crippen LogP contribution in [0.5, 0.6) is 23.0 Å². The lowest BCUT2D eigenvalue weighted by molar-refractivity contribution is 0.272. The Morgan fingerprint density at radius 2 is 0.797 bits per heavy atom. The van der Waals surface area contributed by atoms with Gasteiger partial charge in [-0.3, -0.25) is 20.0 Å².